The predicted molar refractivity (Wildman–Crippen MR) is 81.8 cm³/mol. The zero-order valence-electron chi connectivity index (χ0n) is 13.6. The van der Waals surface area contributed by atoms with Crippen molar-refractivity contribution in [2.45, 2.75) is 51.7 Å². The summed E-state index contributed by atoms with van der Waals surface area (Å²) >= 11 is 0. The maximum Gasteiger partial charge on any atom is 0.242 e. The van der Waals surface area contributed by atoms with E-state index in [4.69, 9.17) is 0 Å². The average molecular weight is 299 g/mol. The van der Waals surface area contributed by atoms with Crippen molar-refractivity contribution in [1.29, 1.82) is 0 Å². The third-order valence-corrected chi connectivity index (χ3v) is 3.91. The second-order valence-electron chi connectivity index (χ2n) is 6.63. The summed E-state index contributed by atoms with van der Waals surface area (Å²) in [7, 11) is 2.02. The van der Waals surface area contributed by atoms with Crippen LogP contribution in [0.1, 0.15) is 40.0 Å². The lowest BCUT2D eigenvalue weighted by Crippen LogP contribution is -2.53. The number of nitrogens with zero attached hydrogens (tertiary/aromatic N) is 1. The molecule has 2 amide bonds. The van der Waals surface area contributed by atoms with E-state index in [1.54, 1.807) is 0 Å². The molecule has 6 heteroatoms. The van der Waals surface area contributed by atoms with Crippen LogP contribution in [0.5, 0.6) is 0 Å². The Morgan fingerprint density at radius 1 is 1.29 bits per heavy atom. The third kappa shape index (κ3) is 6.44. The monoisotopic (exact) mass is 299 g/mol. The minimum atomic E-state index is -0.833. The van der Waals surface area contributed by atoms with Gasteiger partial charge in [-0.3, -0.25) is 9.59 Å². The molecule has 1 aliphatic rings. The Bertz CT molecular complexity index is 363. The van der Waals surface area contributed by atoms with E-state index in [-0.39, 0.29) is 18.4 Å². The normalized spacial score (nSPS) is 20.1. The fourth-order valence-corrected chi connectivity index (χ4v) is 2.53. The molecule has 0 spiro atoms. The Kier molecular flexibility index (Phi) is 6.61. The minimum Gasteiger partial charge on any atom is -0.388 e. The Morgan fingerprint density at radius 3 is 2.33 bits per heavy atom. The Balaban J connectivity index is 2.50. The van der Waals surface area contributed by atoms with Gasteiger partial charge in [-0.2, -0.15) is 0 Å². The number of carbonyl (C=O) groups is 2. The van der Waals surface area contributed by atoms with Crippen molar-refractivity contribution in [3.8, 4) is 0 Å². The summed E-state index contributed by atoms with van der Waals surface area (Å²) in [4.78, 5) is 25.6. The highest BCUT2D eigenvalue weighted by Gasteiger charge is 2.32. The van der Waals surface area contributed by atoms with Gasteiger partial charge in [0.05, 0.1) is 5.60 Å². The molecule has 1 atom stereocenters. The van der Waals surface area contributed by atoms with Crippen molar-refractivity contribution in [3.05, 3.63) is 0 Å². The van der Waals surface area contributed by atoms with E-state index >= 15 is 0 Å². The first kappa shape index (κ1) is 17.9. The smallest absolute Gasteiger partial charge is 0.242 e. The molecule has 1 saturated heterocycles. The van der Waals surface area contributed by atoms with E-state index in [0.29, 0.717) is 25.2 Å². The predicted octanol–water partition coefficient (Wildman–Crippen LogP) is 0.110. The highest BCUT2D eigenvalue weighted by Crippen LogP contribution is 2.20. The van der Waals surface area contributed by atoms with Crippen LogP contribution in [0.2, 0.25) is 0 Å². The van der Waals surface area contributed by atoms with Gasteiger partial charge in [0.15, 0.2) is 0 Å². The summed E-state index contributed by atoms with van der Waals surface area (Å²) in [5, 5.41) is 15.9. The lowest BCUT2D eigenvalue weighted by molar-refractivity contribution is -0.129. The summed E-state index contributed by atoms with van der Waals surface area (Å²) < 4.78 is 0. The van der Waals surface area contributed by atoms with Gasteiger partial charge in [-0.15, -0.1) is 0 Å². The number of nitrogens with one attached hydrogen (secondary N) is 2. The van der Waals surface area contributed by atoms with Crippen molar-refractivity contribution in [2.24, 2.45) is 5.92 Å². The summed E-state index contributed by atoms with van der Waals surface area (Å²) in [6, 6.07) is -0.530. The van der Waals surface area contributed by atoms with E-state index in [9.17, 15) is 14.7 Å². The van der Waals surface area contributed by atoms with Crippen molar-refractivity contribution < 1.29 is 14.7 Å². The molecule has 0 unspecified atom stereocenters. The third-order valence-electron chi connectivity index (χ3n) is 3.91. The van der Waals surface area contributed by atoms with Gasteiger partial charge in [-0.1, -0.05) is 13.8 Å². The molecule has 0 aromatic carbocycles. The summed E-state index contributed by atoms with van der Waals surface area (Å²) in [6.45, 7) is 7.32. The summed E-state index contributed by atoms with van der Waals surface area (Å²) in [5.74, 6) is -0.126. The van der Waals surface area contributed by atoms with Gasteiger partial charge in [-0.05, 0) is 32.2 Å². The van der Waals surface area contributed by atoms with E-state index in [0.717, 1.165) is 13.1 Å². The molecule has 1 aliphatic heterocycles. The molecule has 122 valence electrons. The molecule has 1 heterocycles. The molecule has 21 heavy (non-hydrogen) atoms. The first-order valence-corrected chi connectivity index (χ1v) is 7.67. The Morgan fingerprint density at radius 2 is 1.86 bits per heavy atom. The molecule has 0 aromatic heterocycles. The van der Waals surface area contributed by atoms with Crippen LogP contribution >= 0.6 is 0 Å². The highest BCUT2D eigenvalue weighted by molar-refractivity contribution is 5.86. The van der Waals surface area contributed by atoms with Crippen LogP contribution < -0.4 is 10.6 Å². The van der Waals surface area contributed by atoms with Crippen LogP contribution in [0, 0.1) is 5.92 Å². The lowest BCUT2D eigenvalue weighted by Gasteiger charge is -2.36. The topological polar surface area (TPSA) is 81.7 Å². The van der Waals surface area contributed by atoms with Crippen LogP contribution in [0.15, 0.2) is 0 Å². The molecule has 0 aromatic rings. The van der Waals surface area contributed by atoms with Crippen molar-refractivity contribution in [1.82, 2.24) is 15.5 Å². The molecular formula is C15H29N3O3. The highest BCUT2D eigenvalue weighted by atomic mass is 16.3. The van der Waals surface area contributed by atoms with Crippen LogP contribution in [0.25, 0.3) is 0 Å². The first-order valence-electron chi connectivity index (χ1n) is 7.67. The largest absolute Gasteiger partial charge is 0.388 e. The second kappa shape index (κ2) is 7.75. The molecule has 6 nitrogen and oxygen atoms in total. The molecule has 0 radical (unpaired) electrons. The van der Waals surface area contributed by atoms with Crippen molar-refractivity contribution >= 4 is 11.8 Å². The van der Waals surface area contributed by atoms with E-state index in [1.165, 1.54) is 6.92 Å². The van der Waals surface area contributed by atoms with Crippen molar-refractivity contribution in [3.63, 3.8) is 0 Å². The molecular weight excluding hydrogens is 270 g/mol. The number of hydrogen-bond acceptors (Lipinski definition) is 4. The maximum atomic E-state index is 12.2. The number of rotatable bonds is 6. The van der Waals surface area contributed by atoms with Crippen LogP contribution in [0.3, 0.4) is 0 Å². The Hall–Kier alpha value is -1.14. The van der Waals surface area contributed by atoms with E-state index < -0.39 is 11.6 Å². The van der Waals surface area contributed by atoms with Crippen LogP contribution in [-0.2, 0) is 9.59 Å². The van der Waals surface area contributed by atoms with Gasteiger partial charge in [0.25, 0.3) is 0 Å². The maximum absolute atomic E-state index is 12.2. The molecule has 0 bridgehead atoms. The number of carbonyl (C=O) groups excluding carboxylic acids is 2. The van der Waals surface area contributed by atoms with Gasteiger partial charge >= 0.3 is 0 Å². The quantitative estimate of drug-likeness (QED) is 0.650. The molecule has 0 saturated carbocycles. The number of amides is 2. The minimum absolute atomic E-state index is 0.214. The SMILES string of the molecule is CC(=O)N[C@H](CC(C)C)C(=O)NCC1(O)CCN(C)CC1. The summed E-state index contributed by atoms with van der Waals surface area (Å²) in [6.07, 6.45) is 1.89. The number of aliphatic hydroxyl groups is 1. The standard InChI is InChI=1S/C15H29N3O3/c1-11(2)9-13(17-12(3)19)14(20)16-10-15(21)5-7-18(4)8-6-15/h11,13,21H,5-10H2,1-4H3,(H,16,20)(H,17,19)/t13-/m1/s1. The van der Waals surface area contributed by atoms with E-state index in [1.807, 2.05) is 20.9 Å². The van der Waals surface area contributed by atoms with Gasteiger partial charge in [0.1, 0.15) is 6.04 Å². The Labute approximate surface area is 127 Å². The number of piperidine rings is 1. The molecule has 1 rings (SSSR count). The second-order valence-corrected chi connectivity index (χ2v) is 6.63. The van der Waals surface area contributed by atoms with Gasteiger partial charge in [0.2, 0.25) is 11.8 Å². The van der Waals surface area contributed by atoms with Crippen LogP contribution in [0.4, 0.5) is 0 Å². The van der Waals surface area contributed by atoms with Gasteiger partial charge < -0.3 is 20.6 Å². The molecule has 3 N–H and O–H groups in total. The number of likely N-dealkylation sites (tertiary alicyclic amines) is 1. The fourth-order valence-electron chi connectivity index (χ4n) is 2.53. The molecule has 1 fully saturated rings. The average Bonchev–Trinajstić information content (AvgIpc) is 2.38. The summed E-state index contributed by atoms with van der Waals surface area (Å²) in [5.41, 5.74) is -0.833. The first-order chi connectivity index (χ1) is 9.72. The number of hydrogen-bond donors (Lipinski definition) is 3. The van der Waals surface area contributed by atoms with Gasteiger partial charge in [0, 0.05) is 26.6 Å². The van der Waals surface area contributed by atoms with E-state index in [2.05, 4.69) is 15.5 Å². The van der Waals surface area contributed by atoms with Gasteiger partial charge in [-0.25, -0.2) is 0 Å². The molecule has 0 aliphatic carbocycles. The zero-order valence-corrected chi connectivity index (χ0v) is 13.6. The lowest BCUT2D eigenvalue weighted by atomic mass is 9.91. The van der Waals surface area contributed by atoms with Crippen molar-refractivity contribution in [2.75, 3.05) is 26.7 Å². The fraction of sp³-hybridized carbons (Fsp3) is 0.867. The van der Waals surface area contributed by atoms with Crippen LogP contribution in [-0.4, -0.2) is 60.1 Å². The zero-order chi connectivity index (χ0) is 16.0.